The van der Waals surface area contributed by atoms with E-state index in [2.05, 4.69) is 10.2 Å². The summed E-state index contributed by atoms with van der Waals surface area (Å²) in [4.78, 5) is 28.1. The second kappa shape index (κ2) is 8.38. The molecule has 1 aromatic carbocycles. The van der Waals surface area contributed by atoms with Crippen molar-refractivity contribution in [1.29, 1.82) is 0 Å². The van der Waals surface area contributed by atoms with Crippen molar-refractivity contribution >= 4 is 33.0 Å². The highest BCUT2D eigenvalue weighted by Gasteiger charge is 2.32. The van der Waals surface area contributed by atoms with Crippen LogP contribution in [0.15, 0.2) is 18.2 Å². The van der Waals surface area contributed by atoms with Gasteiger partial charge in [0.25, 0.3) is 5.91 Å². The van der Waals surface area contributed by atoms with E-state index in [4.69, 9.17) is 5.73 Å². The number of carbonyl (C=O) groups is 2. The Morgan fingerprint density at radius 3 is 2.57 bits per heavy atom. The van der Waals surface area contributed by atoms with Crippen LogP contribution in [0.3, 0.4) is 0 Å². The molecule has 0 saturated carbocycles. The number of piperidine rings is 1. The van der Waals surface area contributed by atoms with Gasteiger partial charge in [-0.1, -0.05) is 0 Å². The summed E-state index contributed by atoms with van der Waals surface area (Å²) < 4.78 is 23.2. The van der Waals surface area contributed by atoms with Crippen LogP contribution in [0.25, 0.3) is 0 Å². The summed E-state index contributed by atoms with van der Waals surface area (Å²) >= 11 is 0. The van der Waals surface area contributed by atoms with Gasteiger partial charge >= 0.3 is 0 Å². The fourth-order valence-electron chi connectivity index (χ4n) is 3.82. The summed E-state index contributed by atoms with van der Waals surface area (Å²) in [5, 5.41) is 2.99. The van der Waals surface area contributed by atoms with Gasteiger partial charge in [0.15, 0.2) is 9.84 Å². The summed E-state index contributed by atoms with van der Waals surface area (Å²) in [6.07, 6.45) is 3.94. The molecule has 0 bridgehead atoms. The predicted octanol–water partition coefficient (Wildman–Crippen LogP) is 0.833. The molecule has 2 aliphatic heterocycles. The molecule has 154 valence electrons. The first-order valence-corrected chi connectivity index (χ1v) is 11.5. The average Bonchev–Trinajstić information content (AvgIpc) is 3.05. The number of anilines is 2. The summed E-state index contributed by atoms with van der Waals surface area (Å²) in [5.74, 6) is -0.652. The smallest absolute Gasteiger partial charge is 0.250 e. The van der Waals surface area contributed by atoms with Gasteiger partial charge < -0.3 is 20.9 Å². The van der Waals surface area contributed by atoms with E-state index in [0.717, 1.165) is 31.6 Å². The molecule has 0 aromatic heterocycles. The van der Waals surface area contributed by atoms with E-state index in [0.29, 0.717) is 17.7 Å². The third-order valence-electron chi connectivity index (χ3n) is 5.57. The van der Waals surface area contributed by atoms with E-state index < -0.39 is 15.7 Å². The number of nitrogens with zero attached hydrogens (tertiary/aromatic N) is 2. The molecule has 2 aliphatic rings. The first-order valence-electron chi connectivity index (χ1n) is 9.65. The zero-order valence-corrected chi connectivity index (χ0v) is 17.0. The quantitative estimate of drug-likeness (QED) is 0.721. The molecular formula is C19H28N4O4S. The number of hydrogen-bond acceptors (Lipinski definition) is 6. The van der Waals surface area contributed by atoms with Gasteiger partial charge in [-0.05, 0) is 43.9 Å². The summed E-state index contributed by atoms with van der Waals surface area (Å²) in [5.41, 5.74) is 7.36. The molecule has 0 aliphatic carbocycles. The highest BCUT2D eigenvalue weighted by atomic mass is 32.2. The van der Waals surface area contributed by atoms with Crippen LogP contribution in [0.2, 0.25) is 0 Å². The molecule has 2 fully saturated rings. The van der Waals surface area contributed by atoms with Crippen LogP contribution < -0.4 is 16.0 Å². The van der Waals surface area contributed by atoms with E-state index in [9.17, 15) is 18.0 Å². The number of carbonyl (C=O) groups excluding carboxylic acids is 2. The fraction of sp³-hybridized carbons (Fsp3) is 0.579. The lowest BCUT2D eigenvalue weighted by molar-refractivity contribution is -0.129. The minimum absolute atomic E-state index is 0.00626. The molecule has 0 spiro atoms. The van der Waals surface area contributed by atoms with Crippen LogP contribution in [0.5, 0.6) is 0 Å². The van der Waals surface area contributed by atoms with Crippen LogP contribution >= 0.6 is 0 Å². The molecule has 2 saturated heterocycles. The van der Waals surface area contributed by atoms with Crippen LogP contribution in [-0.2, 0) is 14.6 Å². The SMILES string of the molecule is CN(C(=O)CNc1ccc(N2CCCCC2)cc1C(N)=O)C1CCS(=O)(=O)C1. The molecule has 1 aromatic rings. The third kappa shape index (κ3) is 4.76. The molecule has 8 nitrogen and oxygen atoms in total. The third-order valence-corrected chi connectivity index (χ3v) is 7.32. The minimum Gasteiger partial charge on any atom is -0.376 e. The van der Waals surface area contributed by atoms with Crippen LogP contribution in [-0.4, -0.2) is 69.4 Å². The Balaban J connectivity index is 1.66. The Labute approximate surface area is 166 Å². The number of amides is 2. The molecular weight excluding hydrogens is 380 g/mol. The maximum Gasteiger partial charge on any atom is 0.250 e. The highest BCUT2D eigenvalue weighted by Crippen LogP contribution is 2.26. The lowest BCUT2D eigenvalue weighted by Crippen LogP contribution is -2.41. The van der Waals surface area contributed by atoms with Gasteiger partial charge in [0, 0.05) is 37.6 Å². The Bertz CT molecular complexity index is 849. The van der Waals surface area contributed by atoms with E-state index in [1.807, 2.05) is 6.07 Å². The van der Waals surface area contributed by atoms with Crippen molar-refractivity contribution in [3.8, 4) is 0 Å². The summed E-state index contributed by atoms with van der Waals surface area (Å²) in [7, 11) is -1.44. The lowest BCUT2D eigenvalue weighted by Gasteiger charge is -2.29. The molecule has 9 heteroatoms. The van der Waals surface area contributed by atoms with Crippen molar-refractivity contribution in [2.45, 2.75) is 31.7 Å². The Morgan fingerprint density at radius 2 is 1.96 bits per heavy atom. The zero-order valence-electron chi connectivity index (χ0n) is 16.2. The molecule has 28 heavy (non-hydrogen) atoms. The fourth-order valence-corrected chi connectivity index (χ4v) is 5.59. The average molecular weight is 409 g/mol. The van der Waals surface area contributed by atoms with Crippen LogP contribution in [0.4, 0.5) is 11.4 Å². The van der Waals surface area contributed by atoms with Gasteiger partial charge in [-0.3, -0.25) is 9.59 Å². The predicted molar refractivity (Wildman–Crippen MR) is 109 cm³/mol. The van der Waals surface area contributed by atoms with Crippen molar-refractivity contribution in [2.75, 3.05) is 48.4 Å². The molecule has 2 heterocycles. The Hall–Kier alpha value is -2.29. The van der Waals surface area contributed by atoms with Crippen molar-refractivity contribution in [3.63, 3.8) is 0 Å². The molecule has 1 unspecified atom stereocenters. The number of rotatable bonds is 6. The largest absolute Gasteiger partial charge is 0.376 e. The lowest BCUT2D eigenvalue weighted by atomic mass is 10.1. The number of hydrogen-bond donors (Lipinski definition) is 2. The maximum atomic E-state index is 12.5. The number of nitrogens with two attached hydrogens (primary N) is 1. The van der Waals surface area contributed by atoms with Crippen LogP contribution in [0, 0.1) is 0 Å². The number of sulfone groups is 1. The molecule has 3 rings (SSSR count). The first-order chi connectivity index (χ1) is 13.3. The van der Waals surface area contributed by atoms with Crippen molar-refractivity contribution in [2.24, 2.45) is 5.73 Å². The Morgan fingerprint density at radius 1 is 1.25 bits per heavy atom. The maximum absolute atomic E-state index is 12.5. The first kappa shape index (κ1) is 20.4. The van der Waals surface area contributed by atoms with E-state index in [1.54, 1.807) is 19.2 Å². The summed E-state index contributed by atoms with van der Waals surface area (Å²) in [6, 6.07) is 5.18. The van der Waals surface area contributed by atoms with Gasteiger partial charge in [-0.15, -0.1) is 0 Å². The van der Waals surface area contributed by atoms with Crippen LogP contribution in [0.1, 0.15) is 36.0 Å². The highest BCUT2D eigenvalue weighted by molar-refractivity contribution is 7.91. The number of primary amides is 1. The van der Waals surface area contributed by atoms with Gasteiger partial charge in [0.05, 0.1) is 23.6 Å². The van der Waals surface area contributed by atoms with Crippen molar-refractivity contribution < 1.29 is 18.0 Å². The normalized spacial score (nSPS) is 21.3. The molecule has 1 atom stereocenters. The van der Waals surface area contributed by atoms with E-state index in [1.165, 1.54) is 11.3 Å². The minimum atomic E-state index is -3.05. The number of benzene rings is 1. The second-order valence-electron chi connectivity index (χ2n) is 7.56. The van der Waals surface area contributed by atoms with Crippen molar-refractivity contribution in [1.82, 2.24) is 4.90 Å². The van der Waals surface area contributed by atoms with Gasteiger partial charge in [-0.2, -0.15) is 0 Å². The second-order valence-corrected chi connectivity index (χ2v) is 9.79. The van der Waals surface area contributed by atoms with Crippen molar-refractivity contribution in [3.05, 3.63) is 23.8 Å². The van der Waals surface area contributed by atoms with Gasteiger partial charge in [0.2, 0.25) is 5.91 Å². The Kier molecular flexibility index (Phi) is 6.12. The molecule has 0 radical (unpaired) electrons. The summed E-state index contributed by atoms with van der Waals surface area (Å²) in [6.45, 7) is 1.88. The molecule has 2 amide bonds. The zero-order chi connectivity index (χ0) is 20.3. The van der Waals surface area contributed by atoms with Gasteiger partial charge in [-0.25, -0.2) is 8.42 Å². The topological polar surface area (TPSA) is 113 Å². The van der Waals surface area contributed by atoms with E-state index in [-0.39, 0.29) is 30.0 Å². The number of likely N-dealkylation sites (N-methyl/N-ethyl adjacent to an activating group) is 1. The van der Waals surface area contributed by atoms with Gasteiger partial charge in [0.1, 0.15) is 0 Å². The number of nitrogens with one attached hydrogen (secondary N) is 1. The monoisotopic (exact) mass is 408 g/mol. The molecule has 3 N–H and O–H groups in total. The van der Waals surface area contributed by atoms with E-state index >= 15 is 0 Å². The standard InChI is InChI=1S/C19H28N4O4S/c1-22(15-7-10-28(26,27)13-15)18(24)12-21-17-6-5-14(11-16(17)19(20)25)23-8-3-2-4-9-23/h5-6,11,15,21H,2-4,7-10,12-13H2,1H3,(H2,20,25).